The fourth-order valence-corrected chi connectivity index (χ4v) is 2.50. The molecule has 5 heteroatoms. The number of ether oxygens (including phenoxy) is 1. The Morgan fingerprint density at radius 1 is 0.960 bits per heavy atom. The first-order chi connectivity index (χ1) is 12.3. The molecule has 0 bridgehead atoms. The molecule has 0 fully saturated rings. The van der Waals surface area contributed by atoms with Crippen molar-refractivity contribution < 1.29 is 9.53 Å². The third-order valence-electron chi connectivity index (χ3n) is 3.77. The number of fused-ring (bicyclic) bond motifs is 1. The number of hydrogen-bond acceptors (Lipinski definition) is 3. The Labute approximate surface area is 147 Å². The molecule has 2 aromatic carbocycles. The first-order valence-corrected chi connectivity index (χ1v) is 8.34. The Morgan fingerprint density at radius 3 is 2.68 bits per heavy atom. The molecule has 0 unspecified atom stereocenters. The molecule has 25 heavy (non-hydrogen) atoms. The first-order valence-electron chi connectivity index (χ1n) is 8.34. The lowest BCUT2D eigenvalue weighted by Gasteiger charge is -2.09. The maximum Gasteiger partial charge on any atom is 0.314 e. The van der Waals surface area contributed by atoms with Crippen molar-refractivity contribution in [3.8, 4) is 5.75 Å². The number of benzene rings is 2. The van der Waals surface area contributed by atoms with Crippen LogP contribution in [0.5, 0.6) is 5.75 Å². The topological polar surface area (TPSA) is 63.2 Å². The van der Waals surface area contributed by atoms with Gasteiger partial charge in [0, 0.05) is 18.1 Å². The van der Waals surface area contributed by atoms with Crippen molar-refractivity contribution >= 4 is 16.9 Å². The highest BCUT2D eigenvalue weighted by Gasteiger charge is 2.01. The number of urea groups is 1. The van der Waals surface area contributed by atoms with Crippen molar-refractivity contribution in [2.45, 2.75) is 6.42 Å². The Morgan fingerprint density at radius 2 is 1.80 bits per heavy atom. The van der Waals surface area contributed by atoms with E-state index in [1.807, 2.05) is 60.7 Å². The van der Waals surface area contributed by atoms with Gasteiger partial charge in [-0.25, -0.2) is 4.79 Å². The molecule has 0 aliphatic carbocycles. The number of rotatable bonds is 7. The van der Waals surface area contributed by atoms with Gasteiger partial charge in [0.1, 0.15) is 12.4 Å². The van der Waals surface area contributed by atoms with Gasteiger partial charge in [0.05, 0.1) is 12.1 Å². The molecule has 0 aliphatic rings. The molecular formula is C20H21N3O2. The summed E-state index contributed by atoms with van der Waals surface area (Å²) in [6.07, 6.45) is 2.58. The summed E-state index contributed by atoms with van der Waals surface area (Å²) in [5.74, 6) is 0.770. The van der Waals surface area contributed by atoms with E-state index in [0.717, 1.165) is 23.1 Å². The van der Waals surface area contributed by atoms with Crippen molar-refractivity contribution in [3.63, 3.8) is 0 Å². The normalized spacial score (nSPS) is 10.4. The third kappa shape index (κ3) is 5.21. The molecule has 0 aliphatic heterocycles. The molecule has 0 saturated heterocycles. The Balaban J connectivity index is 1.34. The second kappa shape index (κ2) is 8.68. The highest BCUT2D eigenvalue weighted by Crippen LogP contribution is 2.18. The minimum absolute atomic E-state index is 0.178. The average molecular weight is 335 g/mol. The van der Waals surface area contributed by atoms with E-state index in [1.54, 1.807) is 6.20 Å². The molecule has 5 nitrogen and oxygen atoms in total. The fraction of sp³-hybridized carbons (Fsp3) is 0.200. The molecule has 2 amide bonds. The second-order valence-corrected chi connectivity index (χ2v) is 5.62. The molecule has 0 atom stereocenters. The van der Waals surface area contributed by atoms with Gasteiger partial charge in [0.15, 0.2) is 0 Å². The summed E-state index contributed by atoms with van der Waals surface area (Å²) in [6.45, 7) is 1.47. The summed E-state index contributed by atoms with van der Waals surface area (Å²) in [5, 5.41) is 6.66. The van der Waals surface area contributed by atoms with Crippen LogP contribution in [0.3, 0.4) is 0 Å². The maximum atomic E-state index is 11.7. The van der Waals surface area contributed by atoms with Gasteiger partial charge in [-0.05, 0) is 36.2 Å². The van der Waals surface area contributed by atoms with Crippen LogP contribution < -0.4 is 15.4 Å². The smallest absolute Gasteiger partial charge is 0.314 e. The van der Waals surface area contributed by atoms with Crippen molar-refractivity contribution in [3.05, 3.63) is 72.4 Å². The summed E-state index contributed by atoms with van der Waals surface area (Å²) in [7, 11) is 0. The van der Waals surface area contributed by atoms with Crippen LogP contribution in [0, 0.1) is 0 Å². The van der Waals surface area contributed by atoms with E-state index >= 15 is 0 Å². The number of aromatic nitrogens is 1. The Kier molecular flexibility index (Phi) is 5.82. The number of pyridine rings is 1. The predicted octanol–water partition coefficient (Wildman–Crippen LogP) is 3.16. The van der Waals surface area contributed by atoms with Crippen LogP contribution in [0.1, 0.15) is 5.56 Å². The molecule has 0 spiro atoms. The number of hydrogen-bond donors (Lipinski definition) is 2. The minimum atomic E-state index is -0.178. The summed E-state index contributed by atoms with van der Waals surface area (Å²) in [4.78, 5) is 16.0. The summed E-state index contributed by atoms with van der Waals surface area (Å²) in [5.41, 5.74) is 2.14. The maximum absolute atomic E-state index is 11.7. The highest BCUT2D eigenvalue weighted by molar-refractivity contribution is 5.79. The van der Waals surface area contributed by atoms with Crippen LogP contribution in [0.15, 0.2) is 66.9 Å². The van der Waals surface area contributed by atoms with E-state index in [2.05, 4.69) is 15.6 Å². The van der Waals surface area contributed by atoms with Crippen LogP contribution in [0.4, 0.5) is 4.79 Å². The molecule has 0 radical (unpaired) electrons. The van der Waals surface area contributed by atoms with Crippen molar-refractivity contribution in [2.75, 3.05) is 19.7 Å². The third-order valence-corrected chi connectivity index (χ3v) is 3.77. The van der Waals surface area contributed by atoms with Gasteiger partial charge in [-0.1, -0.05) is 36.4 Å². The zero-order valence-electron chi connectivity index (χ0n) is 13.9. The van der Waals surface area contributed by atoms with E-state index in [1.165, 1.54) is 5.56 Å². The molecule has 1 heterocycles. The summed E-state index contributed by atoms with van der Waals surface area (Å²) < 4.78 is 5.67. The minimum Gasteiger partial charge on any atom is -0.492 e. The molecular weight excluding hydrogens is 314 g/mol. The molecule has 3 aromatic rings. The first kappa shape index (κ1) is 16.8. The van der Waals surface area contributed by atoms with Crippen molar-refractivity contribution in [1.29, 1.82) is 0 Å². The van der Waals surface area contributed by atoms with Crippen LogP contribution in [0.2, 0.25) is 0 Å². The van der Waals surface area contributed by atoms with Gasteiger partial charge in [0.25, 0.3) is 0 Å². The van der Waals surface area contributed by atoms with Gasteiger partial charge in [0.2, 0.25) is 0 Å². The van der Waals surface area contributed by atoms with Crippen LogP contribution in [0.25, 0.3) is 10.9 Å². The van der Waals surface area contributed by atoms with E-state index in [9.17, 15) is 4.79 Å². The standard InChI is InChI=1S/C20H21N3O2/c24-20(22-12-10-16-5-2-1-3-6-16)23-13-14-25-18-8-9-19-17(15-18)7-4-11-21-19/h1-9,11,15H,10,12-14H2,(H2,22,23,24). The second-order valence-electron chi connectivity index (χ2n) is 5.62. The number of amides is 2. The molecule has 2 N–H and O–H groups in total. The largest absolute Gasteiger partial charge is 0.492 e. The Hall–Kier alpha value is -3.08. The fourth-order valence-electron chi connectivity index (χ4n) is 2.50. The van der Waals surface area contributed by atoms with Crippen LogP contribution >= 0.6 is 0 Å². The monoisotopic (exact) mass is 335 g/mol. The van der Waals surface area contributed by atoms with Crippen molar-refractivity contribution in [2.24, 2.45) is 0 Å². The predicted molar refractivity (Wildman–Crippen MR) is 98.8 cm³/mol. The van der Waals surface area contributed by atoms with Crippen molar-refractivity contribution in [1.82, 2.24) is 15.6 Å². The quantitative estimate of drug-likeness (QED) is 0.652. The number of carbonyl (C=O) groups excluding carboxylic acids is 1. The van der Waals surface area contributed by atoms with E-state index in [0.29, 0.717) is 19.7 Å². The van der Waals surface area contributed by atoms with E-state index in [-0.39, 0.29) is 6.03 Å². The highest BCUT2D eigenvalue weighted by atomic mass is 16.5. The number of nitrogens with zero attached hydrogens (tertiary/aromatic N) is 1. The molecule has 128 valence electrons. The zero-order chi connectivity index (χ0) is 17.3. The molecule has 0 saturated carbocycles. The lowest BCUT2D eigenvalue weighted by atomic mass is 10.1. The number of nitrogens with one attached hydrogen (secondary N) is 2. The Bertz CT molecular complexity index is 821. The van der Waals surface area contributed by atoms with Gasteiger partial charge in [-0.15, -0.1) is 0 Å². The lowest BCUT2D eigenvalue weighted by Crippen LogP contribution is -2.38. The SMILES string of the molecule is O=C(NCCOc1ccc2ncccc2c1)NCCc1ccccc1. The summed E-state index contributed by atoms with van der Waals surface area (Å²) >= 11 is 0. The zero-order valence-corrected chi connectivity index (χ0v) is 13.9. The van der Waals surface area contributed by atoms with E-state index in [4.69, 9.17) is 4.74 Å². The average Bonchev–Trinajstić information content (AvgIpc) is 2.66. The van der Waals surface area contributed by atoms with E-state index < -0.39 is 0 Å². The molecule has 3 rings (SSSR count). The van der Waals surface area contributed by atoms with Crippen LogP contribution in [-0.2, 0) is 6.42 Å². The van der Waals surface area contributed by atoms with Gasteiger partial charge >= 0.3 is 6.03 Å². The van der Waals surface area contributed by atoms with Gasteiger partial charge in [-0.2, -0.15) is 0 Å². The summed E-state index contributed by atoms with van der Waals surface area (Å²) in [6, 6.07) is 19.5. The molecule has 1 aromatic heterocycles. The lowest BCUT2D eigenvalue weighted by molar-refractivity contribution is 0.236. The van der Waals surface area contributed by atoms with Crippen LogP contribution in [-0.4, -0.2) is 30.7 Å². The van der Waals surface area contributed by atoms with Gasteiger partial charge < -0.3 is 15.4 Å². The van der Waals surface area contributed by atoms with Gasteiger partial charge in [-0.3, -0.25) is 4.98 Å². The number of carbonyl (C=O) groups is 1.